The van der Waals surface area contributed by atoms with Gasteiger partial charge in [0.1, 0.15) is 18.4 Å². The average molecular weight is 386 g/mol. The van der Waals surface area contributed by atoms with Crippen molar-refractivity contribution in [2.75, 3.05) is 0 Å². The summed E-state index contributed by atoms with van der Waals surface area (Å²) in [7, 11) is 0. The third kappa shape index (κ3) is 11.2. The number of hydrogen-bond acceptors (Lipinski definition) is 4. The minimum absolute atomic E-state index is 0.0930. The summed E-state index contributed by atoms with van der Waals surface area (Å²) in [6.45, 7) is 11.5. The predicted octanol–water partition coefficient (Wildman–Crippen LogP) is 1.93. The van der Waals surface area contributed by atoms with E-state index >= 15 is 0 Å². The largest absolute Gasteiger partial charge is 0.465 e. The lowest BCUT2D eigenvalue weighted by Gasteiger charge is -2.25. The maximum absolute atomic E-state index is 12.6. The number of aldehydes is 1. The van der Waals surface area contributed by atoms with Crippen LogP contribution in [0.1, 0.15) is 60.8 Å². The van der Waals surface area contributed by atoms with E-state index in [1.54, 1.807) is 0 Å². The van der Waals surface area contributed by atoms with Gasteiger partial charge in [0.25, 0.3) is 0 Å². The monoisotopic (exact) mass is 385 g/mol. The van der Waals surface area contributed by atoms with Gasteiger partial charge in [0, 0.05) is 0 Å². The van der Waals surface area contributed by atoms with Gasteiger partial charge in [0.15, 0.2) is 0 Å². The molecule has 0 heterocycles. The van der Waals surface area contributed by atoms with E-state index in [1.165, 1.54) is 0 Å². The predicted molar refractivity (Wildman–Crippen MR) is 103 cm³/mol. The van der Waals surface area contributed by atoms with Crippen LogP contribution in [0.3, 0.4) is 0 Å². The molecule has 0 aliphatic rings. The summed E-state index contributed by atoms with van der Waals surface area (Å²) in [4.78, 5) is 47.4. The van der Waals surface area contributed by atoms with Gasteiger partial charge in [0.2, 0.25) is 11.8 Å². The molecule has 0 spiro atoms. The Morgan fingerprint density at radius 3 is 1.52 bits per heavy atom. The van der Waals surface area contributed by atoms with Crippen molar-refractivity contribution < 1.29 is 24.3 Å². The van der Waals surface area contributed by atoms with E-state index in [0.717, 1.165) is 0 Å². The van der Waals surface area contributed by atoms with Crippen molar-refractivity contribution in [1.82, 2.24) is 16.0 Å². The molecule has 0 unspecified atom stereocenters. The van der Waals surface area contributed by atoms with Gasteiger partial charge in [0.05, 0.1) is 6.04 Å². The minimum Gasteiger partial charge on any atom is -0.465 e. The number of hydrogen-bond donors (Lipinski definition) is 4. The van der Waals surface area contributed by atoms with Gasteiger partial charge in [-0.3, -0.25) is 9.59 Å². The highest BCUT2D eigenvalue weighted by Gasteiger charge is 2.28. The number of carbonyl (C=O) groups excluding carboxylic acids is 3. The van der Waals surface area contributed by atoms with Gasteiger partial charge in [-0.2, -0.15) is 0 Å². The molecule has 0 aliphatic carbocycles. The standard InChI is InChI=1S/C19H35N3O5/c1-11(2)7-14(10-23)20-17(24)15(8-12(3)4)21-18(25)16(9-13(5)6)22-19(26)27/h10-16,22H,7-9H2,1-6H3,(H,20,24)(H,21,25)(H,26,27)/t14-,15-,16-/m0/s1. The first-order valence-electron chi connectivity index (χ1n) is 9.51. The normalized spacial score (nSPS) is 14.6. The summed E-state index contributed by atoms with van der Waals surface area (Å²) in [5.74, 6) is -0.534. The molecule has 0 saturated heterocycles. The Morgan fingerprint density at radius 2 is 1.15 bits per heavy atom. The van der Waals surface area contributed by atoms with Gasteiger partial charge >= 0.3 is 6.09 Å². The summed E-state index contributed by atoms with van der Waals surface area (Å²) in [5.41, 5.74) is 0. The molecular formula is C19H35N3O5. The molecule has 0 aliphatic heterocycles. The molecule has 3 amide bonds. The zero-order chi connectivity index (χ0) is 21.1. The molecule has 0 rings (SSSR count). The van der Waals surface area contributed by atoms with Crippen LogP contribution in [-0.2, 0) is 14.4 Å². The molecule has 3 atom stereocenters. The Labute approximate surface area is 161 Å². The first kappa shape index (κ1) is 24.9. The molecule has 27 heavy (non-hydrogen) atoms. The molecule has 8 nitrogen and oxygen atoms in total. The highest BCUT2D eigenvalue weighted by molar-refractivity contribution is 5.92. The van der Waals surface area contributed by atoms with Gasteiger partial charge in [-0.15, -0.1) is 0 Å². The second kappa shape index (κ2) is 12.3. The second-order valence-electron chi connectivity index (χ2n) is 8.20. The van der Waals surface area contributed by atoms with Crippen LogP contribution >= 0.6 is 0 Å². The van der Waals surface area contributed by atoms with Crippen LogP contribution in [0, 0.1) is 17.8 Å². The van der Waals surface area contributed by atoms with E-state index < -0.39 is 36.0 Å². The topological polar surface area (TPSA) is 125 Å². The zero-order valence-corrected chi connectivity index (χ0v) is 17.2. The summed E-state index contributed by atoms with van der Waals surface area (Å²) >= 11 is 0. The maximum Gasteiger partial charge on any atom is 0.405 e. The van der Waals surface area contributed by atoms with Crippen molar-refractivity contribution in [2.45, 2.75) is 78.9 Å². The van der Waals surface area contributed by atoms with Gasteiger partial charge in [-0.1, -0.05) is 41.5 Å². The fraction of sp³-hybridized carbons (Fsp3) is 0.789. The molecule has 4 N–H and O–H groups in total. The van der Waals surface area contributed by atoms with Crippen molar-refractivity contribution in [2.24, 2.45) is 17.8 Å². The summed E-state index contributed by atoms with van der Waals surface area (Å²) in [6, 6.07) is -2.40. The third-order valence-electron chi connectivity index (χ3n) is 3.88. The van der Waals surface area contributed by atoms with E-state index in [-0.39, 0.29) is 17.8 Å². The lowest BCUT2D eigenvalue weighted by molar-refractivity contribution is -0.131. The molecule has 0 aromatic rings. The van der Waals surface area contributed by atoms with Crippen LogP contribution in [0.15, 0.2) is 0 Å². The average Bonchev–Trinajstić information content (AvgIpc) is 2.50. The molecule has 8 heteroatoms. The van der Waals surface area contributed by atoms with Gasteiger partial charge < -0.3 is 25.9 Å². The van der Waals surface area contributed by atoms with Crippen molar-refractivity contribution >= 4 is 24.2 Å². The van der Waals surface area contributed by atoms with Crippen molar-refractivity contribution in [3.8, 4) is 0 Å². The fourth-order valence-corrected chi connectivity index (χ4v) is 2.77. The highest BCUT2D eigenvalue weighted by Crippen LogP contribution is 2.10. The second-order valence-corrected chi connectivity index (χ2v) is 8.20. The van der Waals surface area contributed by atoms with E-state index in [1.807, 2.05) is 41.5 Å². The van der Waals surface area contributed by atoms with E-state index in [4.69, 9.17) is 5.11 Å². The van der Waals surface area contributed by atoms with E-state index in [2.05, 4.69) is 16.0 Å². The Hall–Kier alpha value is -2.12. The molecule has 0 radical (unpaired) electrons. The summed E-state index contributed by atoms with van der Waals surface area (Å²) in [5, 5.41) is 16.5. The number of amides is 3. The van der Waals surface area contributed by atoms with Crippen LogP contribution in [0.5, 0.6) is 0 Å². The molecule has 0 aromatic carbocycles. The summed E-state index contributed by atoms with van der Waals surface area (Å²) in [6.07, 6.45) is 0.608. The van der Waals surface area contributed by atoms with Crippen molar-refractivity contribution in [3.05, 3.63) is 0 Å². The minimum atomic E-state index is -1.29. The number of nitrogens with one attached hydrogen (secondary N) is 3. The number of carboxylic acid groups (broad SMARTS) is 1. The molecule has 0 bridgehead atoms. The van der Waals surface area contributed by atoms with E-state index in [9.17, 15) is 19.2 Å². The van der Waals surface area contributed by atoms with Crippen molar-refractivity contribution in [1.29, 1.82) is 0 Å². The Morgan fingerprint density at radius 1 is 0.741 bits per heavy atom. The molecule has 156 valence electrons. The molecular weight excluding hydrogens is 350 g/mol. The van der Waals surface area contributed by atoms with Crippen LogP contribution in [0.25, 0.3) is 0 Å². The fourth-order valence-electron chi connectivity index (χ4n) is 2.77. The number of rotatable bonds is 12. The van der Waals surface area contributed by atoms with Crippen LogP contribution in [0.4, 0.5) is 4.79 Å². The summed E-state index contributed by atoms with van der Waals surface area (Å²) < 4.78 is 0. The van der Waals surface area contributed by atoms with Gasteiger partial charge in [-0.05, 0) is 37.0 Å². The quantitative estimate of drug-likeness (QED) is 0.382. The van der Waals surface area contributed by atoms with Gasteiger partial charge in [-0.25, -0.2) is 4.79 Å². The third-order valence-corrected chi connectivity index (χ3v) is 3.88. The van der Waals surface area contributed by atoms with Crippen LogP contribution < -0.4 is 16.0 Å². The first-order chi connectivity index (χ1) is 12.5. The Balaban J connectivity index is 5.19. The Bertz CT molecular complexity index is 506. The van der Waals surface area contributed by atoms with Crippen molar-refractivity contribution in [3.63, 3.8) is 0 Å². The highest BCUT2D eigenvalue weighted by atomic mass is 16.4. The maximum atomic E-state index is 12.6. The first-order valence-corrected chi connectivity index (χ1v) is 9.51. The smallest absolute Gasteiger partial charge is 0.405 e. The lowest BCUT2D eigenvalue weighted by Crippen LogP contribution is -2.55. The zero-order valence-electron chi connectivity index (χ0n) is 17.2. The van der Waals surface area contributed by atoms with Crippen LogP contribution in [0.2, 0.25) is 0 Å². The lowest BCUT2D eigenvalue weighted by atomic mass is 9.99. The van der Waals surface area contributed by atoms with Crippen LogP contribution in [-0.4, -0.2) is 47.4 Å². The number of carbonyl (C=O) groups is 4. The molecule has 0 fully saturated rings. The molecule has 0 saturated carbocycles. The van der Waals surface area contributed by atoms with E-state index in [0.29, 0.717) is 25.5 Å². The Kier molecular flexibility index (Phi) is 11.3. The SMILES string of the molecule is CC(C)C[C@@H](C=O)NC(=O)[C@H](CC(C)C)NC(=O)[C@H](CC(C)C)NC(=O)O. The molecule has 0 aromatic heterocycles.